The van der Waals surface area contributed by atoms with Gasteiger partial charge in [-0.05, 0) is 12.8 Å². The smallest absolute Gasteiger partial charge is 0.225 e. The second-order valence-electron chi connectivity index (χ2n) is 5.36. The van der Waals surface area contributed by atoms with Gasteiger partial charge in [-0.15, -0.1) is 0 Å². The molecule has 0 radical (unpaired) electrons. The zero-order chi connectivity index (χ0) is 13.0. The van der Waals surface area contributed by atoms with Crippen LogP contribution in [0, 0.1) is 5.92 Å². The summed E-state index contributed by atoms with van der Waals surface area (Å²) in [7, 11) is 0. The van der Waals surface area contributed by atoms with E-state index in [2.05, 4.69) is 4.90 Å². The minimum atomic E-state index is -0.250. The number of nitrogens with two attached hydrogens (primary N) is 1. The Kier molecular flexibility index (Phi) is 4.58. The van der Waals surface area contributed by atoms with Crippen LogP contribution in [0.2, 0.25) is 0 Å². The van der Waals surface area contributed by atoms with E-state index in [-0.39, 0.29) is 11.8 Å². The van der Waals surface area contributed by atoms with E-state index in [0.717, 1.165) is 45.6 Å². The standard InChI is InChI=1S/C13H23N3O2/c14-12(17)5-6-15-7-9-16(10-8-15)13(18)11-3-1-2-4-11/h11H,1-10H2,(H2,14,17). The summed E-state index contributed by atoms with van der Waals surface area (Å²) in [6, 6.07) is 0. The molecule has 5 nitrogen and oxygen atoms in total. The van der Waals surface area contributed by atoms with Crippen molar-refractivity contribution in [2.75, 3.05) is 32.7 Å². The van der Waals surface area contributed by atoms with Gasteiger partial charge in [-0.1, -0.05) is 12.8 Å². The largest absolute Gasteiger partial charge is 0.370 e. The van der Waals surface area contributed by atoms with Crippen molar-refractivity contribution in [1.82, 2.24) is 9.80 Å². The highest BCUT2D eigenvalue weighted by molar-refractivity contribution is 5.79. The lowest BCUT2D eigenvalue weighted by Crippen LogP contribution is -2.50. The van der Waals surface area contributed by atoms with E-state index in [0.29, 0.717) is 12.3 Å². The molecule has 2 rings (SSSR count). The number of rotatable bonds is 4. The Morgan fingerprint density at radius 2 is 1.67 bits per heavy atom. The van der Waals surface area contributed by atoms with Crippen molar-refractivity contribution in [3.63, 3.8) is 0 Å². The number of piperazine rings is 1. The van der Waals surface area contributed by atoms with Crippen LogP contribution in [0.15, 0.2) is 0 Å². The lowest BCUT2D eigenvalue weighted by atomic mass is 10.1. The van der Waals surface area contributed by atoms with Crippen molar-refractivity contribution in [2.45, 2.75) is 32.1 Å². The number of carbonyl (C=O) groups excluding carboxylic acids is 2. The van der Waals surface area contributed by atoms with Gasteiger partial charge in [0.1, 0.15) is 0 Å². The summed E-state index contributed by atoms with van der Waals surface area (Å²) in [4.78, 5) is 27.1. The molecule has 1 saturated carbocycles. The Labute approximate surface area is 108 Å². The maximum atomic E-state index is 12.2. The summed E-state index contributed by atoms with van der Waals surface area (Å²) in [6.45, 7) is 4.06. The molecule has 2 N–H and O–H groups in total. The molecule has 1 heterocycles. The van der Waals surface area contributed by atoms with E-state index >= 15 is 0 Å². The summed E-state index contributed by atoms with van der Waals surface area (Å²) in [5.41, 5.74) is 5.14. The van der Waals surface area contributed by atoms with Gasteiger partial charge in [0, 0.05) is 45.1 Å². The van der Waals surface area contributed by atoms with Crippen LogP contribution in [0.1, 0.15) is 32.1 Å². The van der Waals surface area contributed by atoms with E-state index in [1.54, 1.807) is 0 Å². The van der Waals surface area contributed by atoms with Gasteiger partial charge in [0.15, 0.2) is 0 Å². The molecule has 5 heteroatoms. The second kappa shape index (κ2) is 6.18. The molecule has 0 aromatic carbocycles. The van der Waals surface area contributed by atoms with Gasteiger partial charge in [0.2, 0.25) is 11.8 Å². The van der Waals surface area contributed by atoms with Crippen molar-refractivity contribution >= 4 is 11.8 Å². The summed E-state index contributed by atoms with van der Waals surface area (Å²) >= 11 is 0. The summed E-state index contributed by atoms with van der Waals surface area (Å²) in [6.07, 6.45) is 4.96. The third-order valence-electron chi connectivity index (χ3n) is 4.06. The molecule has 1 saturated heterocycles. The lowest BCUT2D eigenvalue weighted by Gasteiger charge is -2.35. The van der Waals surface area contributed by atoms with Gasteiger partial charge in [-0.3, -0.25) is 14.5 Å². The number of hydrogen-bond acceptors (Lipinski definition) is 3. The van der Waals surface area contributed by atoms with Crippen LogP contribution in [-0.4, -0.2) is 54.3 Å². The Bertz CT molecular complexity index is 305. The van der Waals surface area contributed by atoms with Gasteiger partial charge in [-0.25, -0.2) is 0 Å². The van der Waals surface area contributed by atoms with E-state index < -0.39 is 0 Å². The molecule has 0 bridgehead atoms. The topological polar surface area (TPSA) is 66.6 Å². The summed E-state index contributed by atoms with van der Waals surface area (Å²) in [5, 5.41) is 0. The van der Waals surface area contributed by atoms with Crippen molar-refractivity contribution in [1.29, 1.82) is 0 Å². The number of primary amides is 1. The quantitative estimate of drug-likeness (QED) is 0.778. The molecule has 102 valence electrons. The summed E-state index contributed by atoms with van der Waals surface area (Å²) in [5.74, 6) is 0.378. The molecule has 0 aromatic rings. The number of nitrogens with zero attached hydrogens (tertiary/aromatic N) is 2. The first-order valence-electron chi connectivity index (χ1n) is 6.96. The third-order valence-corrected chi connectivity index (χ3v) is 4.06. The Morgan fingerprint density at radius 1 is 1.06 bits per heavy atom. The van der Waals surface area contributed by atoms with Gasteiger partial charge in [0.25, 0.3) is 0 Å². The van der Waals surface area contributed by atoms with Crippen molar-refractivity contribution in [2.24, 2.45) is 11.7 Å². The Morgan fingerprint density at radius 3 is 2.22 bits per heavy atom. The Balaban J connectivity index is 1.72. The van der Waals surface area contributed by atoms with Crippen LogP contribution >= 0.6 is 0 Å². The predicted molar refractivity (Wildman–Crippen MR) is 68.8 cm³/mol. The first kappa shape index (κ1) is 13.3. The zero-order valence-corrected chi connectivity index (χ0v) is 10.9. The average Bonchev–Trinajstić information content (AvgIpc) is 2.90. The van der Waals surface area contributed by atoms with Crippen LogP contribution in [0.25, 0.3) is 0 Å². The van der Waals surface area contributed by atoms with Crippen molar-refractivity contribution in [3.8, 4) is 0 Å². The number of hydrogen-bond donors (Lipinski definition) is 1. The van der Waals surface area contributed by atoms with Crippen LogP contribution in [0.5, 0.6) is 0 Å². The summed E-state index contributed by atoms with van der Waals surface area (Å²) < 4.78 is 0. The molecule has 0 aromatic heterocycles. The molecule has 2 fully saturated rings. The molecular formula is C13H23N3O2. The molecule has 1 aliphatic heterocycles. The van der Waals surface area contributed by atoms with Gasteiger partial charge in [0.05, 0.1) is 0 Å². The highest BCUT2D eigenvalue weighted by Gasteiger charge is 2.29. The van der Waals surface area contributed by atoms with E-state index in [9.17, 15) is 9.59 Å². The van der Waals surface area contributed by atoms with Crippen LogP contribution in [-0.2, 0) is 9.59 Å². The molecule has 18 heavy (non-hydrogen) atoms. The molecule has 1 aliphatic carbocycles. The van der Waals surface area contributed by atoms with Gasteiger partial charge < -0.3 is 10.6 Å². The molecule has 2 amide bonds. The Hall–Kier alpha value is -1.10. The third kappa shape index (κ3) is 3.45. The van der Waals surface area contributed by atoms with Crippen LogP contribution in [0.4, 0.5) is 0 Å². The van der Waals surface area contributed by atoms with Crippen molar-refractivity contribution in [3.05, 3.63) is 0 Å². The van der Waals surface area contributed by atoms with Gasteiger partial charge >= 0.3 is 0 Å². The number of carbonyl (C=O) groups is 2. The van der Waals surface area contributed by atoms with E-state index in [1.165, 1.54) is 12.8 Å². The molecular weight excluding hydrogens is 230 g/mol. The maximum Gasteiger partial charge on any atom is 0.225 e. The molecule has 0 unspecified atom stereocenters. The van der Waals surface area contributed by atoms with Gasteiger partial charge in [-0.2, -0.15) is 0 Å². The highest BCUT2D eigenvalue weighted by atomic mass is 16.2. The fourth-order valence-electron chi connectivity index (χ4n) is 2.89. The van der Waals surface area contributed by atoms with Crippen LogP contribution in [0.3, 0.4) is 0 Å². The normalized spacial score (nSPS) is 22.3. The van der Waals surface area contributed by atoms with Crippen molar-refractivity contribution < 1.29 is 9.59 Å². The fraction of sp³-hybridized carbons (Fsp3) is 0.846. The second-order valence-corrected chi connectivity index (χ2v) is 5.36. The monoisotopic (exact) mass is 253 g/mol. The SMILES string of the molecule is NC(=O)CCN1CCN(C(=O)C2CCCC2)CC1. The first-order chi connectivity index (χ1) is 8.66. The highest BCUT2D eigenvalue weighted by Crippen LogP contribution is 2.26. The molecule has 0 atom stereocenters. The van der Waals surface area contributed by atoms with Crippen LogP contribution < -0.4 is 5.73 Å². The first-order valence-corrected chi connectivity index (χ1v) is 6.96. The van der Waals surface area contributed by atoms with E-state index in [1.807, 2.05) is 4.90 Å². The lowest BCUT2D eigenvalue weighted by molar-refractivity contribution is -0.137. The minimum absolute atomic E-state index is 0.250. The van der Waals surface area contributed by atoms with E-state index in [4.69, 9.17) is 5.73 Å². The molecule has 2 aliphatic rings. The minimum Gasteiger partial charge on any atom is -0.370 e. The maximum absolute atomic E-state index is 12.2. The average molecular weight is 253 g/mol. The molecule has 0 spiro atoms. The zero-order valence-electron chi connectivity index (χ0n) is 10.9. The fourth-order valence-corrected chi connectivity index (χ4v) is 2.89. The number of amides is 2. The predicted octanol–water partition coefficient (Wildman–Crippen LogP) is 0.196.